The van der Waals surface area contributed by atoms with Crippen LogP contribution in [0.3, 0.4) is 0 Å². The van der Waals surface area contributed by atoms with E-state index in [0.717, 1.165) is 23.8 Å². The Morgan fingerprint density at radius 3 is 2.07 bits per heavy atom. The quantitative estimate of drug-likeness (QED) is 0.168. The van der Waals surface area contributed by atoms with Gasteiger partial charge in [-0.15, -0.1) is 11.8 Å². The number of benzene rings is 3. The summed E-state index contributed by atoms with van der Waals surface area (Å²) in [6.07, 6.45) is 2.88. The maximum Gasteiger partial charge on any atom is 0.197 e. The number of para-hydroxylation sites is 2. The molecule has 0 fully saturated rings. The van der Waals surface area contributed by atoms with Gasteiger partial charge in [0.15, 0.2) is 5.90 Å². The van der Waals surface area contributed by atoms with E-state index in [1.54, 1.807) is 10.8 Å². The molecular formula is C22H21NOS3. The molecule has 27 heavy (non-hydrogen) atoms. The molecule has 2 nitrogen and oxygen atoms in total. The summed E-state index contributed by atoms with van der Waals surface area (Å²) in [6, 6.07) is 30.3. The topological polar surface area (TPSA) is 21.6 Å². The fourth-order valence-electron chi connectivity index (χ4n) is 2.27. The van der Waals surface area contributed by atoms with Crippen LogP contribution < -0.4 is 4.74 Å². The van der Waals surface area contributed by atoms with Gasteiger partial charge in [0.25, 0.3) is 0 Å². The molecule has 0 N–H and O–H groups in total. The largest absolute Gasteiger partial charge is 0.443 e. The van der Waals surface area contributed by atoms with E-state index in [4.69, 9.17) is 9.73 Å². The predicted octanol–water partition coefficient (Wildman–Crippen LogP) is 7.32. The minimum Gasteiger partial charge on any atom is -0.443 e. The first-order chi connectivity index (χ1) is 13.3. The van der Waals surface area contributed by atoms with Gasteiger partial charge in [0, 0.05) is 11.3 Å². The average molecular weight is 412 g/mol. The summed E-state index contributed by atoms with van der Waals surface area (Å²) < 4.78 is 6.45. The summed E-state index contributed by atoms with van der Waals surface area (Å²) in [5.74, 6) is 1.54. The van der Waals surface area contributed by atoms with Crippen LogP contribution in [0.15, 0.2) is 101 Å². The van der Waals surface area contributed by atoms with Gasteiger partial charge >= 0.3 is 0 Å². The molecule has 0 radical (unpaired) electrons. The Hall–Kier alpha value is -1.82. The first kappa shape index (κ1) is 19.9. The van der Waals surface area contributed by atoms with Crippen molar-refractivity contribution in [1.82, 2.24) is 0 Å². The van der Waals surface area contributed by atoms with Gasteiger partial charge in [-0.2, -0.15) is 0 Å². The molecule has 5 heteroatoms. The first-order valence-corrected chi connectivity index (χ1v) is 12.1. The van der Waals surface area contributed by atoms with Crippen LogP contribution >= 0.6 is 33.3 Å². The van der Waals surface area contributed by atoms with Crippen LogP contribution in [0.5, 0.6) is 5.75 Å². The van der Waals surface area contributed by atoms with Crippen molar-refractivity contribution in [3.05, 3.63) is 91.0 Å². The third-order valence-corrected chi connectivity index (χ3v) is 8.02. The standard InChI is InChI=1S/C22H21NOS3/c1-25-22(27-26-20-15-9-4-10-16-20)17-21(23-18-11-5-2-6-12-18)24-19-13-7-3-8-14-19/h2-16,22H,17H2,1H3/b23-21-. The fraction of sp³-hybridized carbons (Fsp3) is 0.136. The van der Waals surface area contributed by atoms with E-state index in [2.05, 4.69) is 30.5 Å². The Morgan fingerprint density at radius 1 is 0.852 bits per heavy atom. The zero-order chi connectivity index (χ0) is 18.7. The van der Waals surface area contributed by atoms with Crippen LogP contribution in [0.2, 0.25) is 0 Å². The van der Waals surface area contributed by atoms with Gasteiger partial charge in [0.1, 0.15) is 5.75 Å². The summed E-state index contributed by atoms with van der Waals surface area (Å²) >= 11 is 1.82. The van der Waals surface area contributed by atoms with Crippen LogP contribution in [0.1, 0.15) is 6.42 Å². The summed E-state index contributed by atoms with van der Waals surface area (Å²) in [4.78, 5) is 6.01. The molecule has 0 aromatic heterocycles. The molecule has 0 saturated heterocycles. The molecule has 1 unspecified atom stereocenters. The number of hydrogen-bond donors (Lipinski definition) is 0. The Balaban J connectivity index is 1.71. The maximum atomic E-state index is 6.12. The van der Waals surface area contributed by atoms with Gasteiger partial charge in [0.2, 0.25) is 0 Å². The molecule has 0 aliphatic heterocycles. The summed E-state index contributed by atoms with van der Waals surface area (Å²) in [5, 5.41) is 0. The molecule has 0 aliphatic carbocycles. The molecular weight excluding hydrogens is 390 g/mol. The minimum absolute atomic E-state index is 0.335. The van der Waals surface area contributed by atoms with Crippen molar-refractivity contribution in [2.45, 2.75) is 15.9 Å². The van der Waals surface area contributed by atoms with E-state index in [1.807, 2.05) is 89.3 Å². The lowest BCUT2D eigenvalue weighted by Gasteiger charge is -2.16. The number of hydrogen-bond acceptors (Lipinski definition) is 5. The average Bonchev–Trinajstić information content (AvgIpc) is 2.73. The van der Waals surface area contributed by atoms with E-state index < -0.39 is 0 Å². The van der Waals surface area contributed by atoms with Crippen LogP contribution in [0.25, 0.3) is 0 Å². The molecule has 1 atom stereocenters. The first-order valence-electron chi connectivity index (χ1n) is 8.60. The summed E-state index contributed by atoms with van der Waals surface area (Å²) in [7, 11) is 3.64. The molecule has 3 aromatic carbocycles. The van der Waals surface area contributed by atoms with Crippen molar-refractivity contribution < 1.29 is 4.74 Å². The van der Waals surface area contributed by atoms with Crippen molar-refractivity contribution in [3.63, 3.8) is 0 Å². The second kappa shape index (κ2) is 11.1. The fourth-order valence-corrected chi connectivity index (χ4v) is 5.84. The van der Waals surface area contributed by atoms with Gasteiger partial charge in [-0.1, -0.05) is 76.2 Å². The van der Waals surface area contributed by atoms with E-state index in [9.17, 15) is 0 Å². The lowest BCUT2D eigenvalue weighted by atomic mass is 10.3. The Morgan fingerprint density at radius 2 is 1.44 bits per heavy atom. The van der Waals surface area contributed by atoms with E-state index >= 15 is 0 Å². The molecule has 0 amide bonds. The predicted molar refractivity (Wildman–Crippen MR) is 122 cm³/mol. The smallest absolute Gasteiger partial charge is 0.197 e. The lowest BCUT2D eigenvalue weighted by molar-refractivity contribution is 0.535. The van der Waals surface area contributed by atoms with Crippen LogP contribution in [0.4, 0.5) is 5.69 Å². The molecule has 0 aliphatic rings. The summed E-state index contributed by atoms with van der Waals surface area (Å²) in [5.41, 5.74) is 0.906. The highest BCUT2D eigenvalue weighted by Crippen LogP contribution is 2.40. The van der Waals surface area contributed by atoms with Crippen molar-refractivity contribution in [1.29, 1.82) is 0 Å². The Bertz CT molecular complexity index is 826. The highest BCUT2D eigenvalue weighted by Gasteiger charge is 2.15. The summed E-state index contributed by atoms with van der Waals surface area (Å²) in [6.45, 7) is 0. The zero-order valence-electron chi connectivity index (χ0n) is 15.0. The molecule has 3 rings (SSSR count). The Kier molecular flexibility index (Phi) is 8.21. The third-order valence-electron chi connectivity index (χ3n) is 3.59. The van der Waals surface area contributed by atoms with Gasteiger partial charge in [-0.25, -0.2) is 4.99 Å². The molecule has 0 spiro atoms. The number of aliphatic imine (C=N–C) groups is 1. The monoisotopic (exact) mass is 411 g/mol. The van der Waals surface area contributed by atoms with Gasteiger partial charge in [-0.3, -0.25) is 0 Å². The molecule has 0 bridgehead atoms. The highest BCUT2D eigenvalue weighted by atomic mass is 33.1. The number of nitrogens with zero attached hydrogens (tertiary/aromatic N) is 1. The van der Waals surface area contributed by atoms with Crippen LogP contribution in [0, 0.1) is 0 Å². The van der Waals surface area contributed by atoms with Gasteiger partial charge in [-0.05, 0) is 42.7 Å². The number of ether oxygens (including phenoxy) is 1. The zero-order valence-corrected chi connectivity index (χ0v) is 17.5. The van der Waals surface area contributed by atoms with Crippen molar-refractivity contribution in [2.24, 2.45) is 4.99 Å². The van der Waals surface area contributed by atoms with Crippen molar-refractivity contribution in [2.75, 3.05) is 6.26 Å². The molecule has 3 aromatic rings. The van der Waals surface area contributed by atoms with Crippen molar-refractivity contribution in [3.8, 4) is 5.75 Å². The van der Waals surface area contributed by atoms with E-state index in [1.165, 1.54) is 4.90 Å². The highest BCUT2D eigenvalue weighted by molar-refractivity contribution is 8.78. The number of thioether (sulfide) groups is 1. The SMILES string of the molecule is CSC(C/C(=N/c1ccccc1)Oc1ccccc1)SSc1ccccc1. The third kappa shape index (κ3) is 7.01. The van der Waals surface area contributed by atoms with Crippen molar-refractivity contribution >= 4 is 44.9 Å². The lowest BCUT2D eigenvalue weighted by Crippen LogP contribution is -2.13. The molecule has 0 heterocycles. The van der Waals surface area contributed by atoms with E-state index in [0.29, 0.717) is 4.58 Å². The van der Waals surface area contributed by atoms with Gasteiger partial charge < -0.3 is 4.74 Å². The van der Waals surface area contributed by atoms with Crippen LogP contribution in [-0.2, 0) is 0 Å². The second-order valence-corrected chi connectivity index (χ2v) is 9.43. The molecule has 138 valence electrons. The van der Waals surface area contributed by atoms with Crippen LogP contribution in [-0.4, -0.2) is 16.7 Å². The molecule has 0 saturated carbocycles. The normalized spacial score (nSPS) is 12.6. The second-order valence-electron chi connectivity index (χ2n) is 5.62. The maximum absolute atomic E-state index is 6.12. The van der Waals surface area contributed by atoms with E-state index in [-0.39, 0.29) is 0 Å². The minimum atomic E-state index is 0.335. The number of rotatable bonds is 8. The van der Waals surface area contributed by atoms with Gasteiger partial charge in [0.05, 0.1) is 10.3 Å². The Labute approximate surface area is 173 Å².